The van der Waals surface area contributed by atoms with Crippen LogP contribution in [0.1, 0.15) is 0 Å². The van der Waals surface area contributed by atoms with Crippen LogP contribution in [0.3, 0.4) is 0 Å². The fourth-order valence-electron chi connectivity index (χ4n) is 1.17. The number of nitro groups is 1. The highest BCUT2D eigenvalue weighted by Crippen LogP contribution is 2.30. The van der Waals surface area contributed by atoms with Crippen molar-refractivity contribution < 1.29 is 14.1 Å². The Balaban J connectivity index is 2.35. The minimum absolute atomic E-state index is 0.0795. The van der Waals surface area contributed by atoms with Gasteiger partial charge in [-0.05, 0) is 28.7 Å². The summed E-state index contributed by atoms with van der Waals surface area (Å²) in [5, 5.41) is 10.7. The molecule has 0 aliphatic rings. The molecule has 1 heterocycles. The van der Waals surface area contributed by atoms with Gasteiger partial charge in [-0.2, -0.15) is 0 Å². The van der Waals surface area contributed by atoms with E-state index in [4.69, 9.17) is 4.74 Å². The van der Waals surface area contributed by atoms with Crippen molar-refractivity contribution in [1.29, 1.82) is 0 Å². The lowest BCUT2D eigenvalue weighted by molar-refractivity contribution is -0.385. The van der Waals surface area contributed by atoms with Crippen LogP contribution in [0.25, 0.3) is 0 Å². The number of nitro benzene ring substituents is 1. The Kier molecular flexibility index (Phi) is 3.65. The third-order valence-electron chi connectivity index (χ3n) is 1.92. The standard InChI is InChI=1S/C10H5FIN3O3/c11-6-1-2-8(15(16)17)9(3-6)18-10-13-4-7(12)5-14-10/h1-5H. The highest BCUT2D eigenvalue weighted by Gasteiger charge is 2.17. The van der Waals surface area contributed by atoms with Gasteiger partial charge in [-0.1, -0.05) is 0 Å². The van der Waals surface area contributed by atoms with Crippen molar-refractivity contribution in [3.8, 4) is 11.8 Å². The Morgan fingerprint density at radius 2 is 2.00 bits per heavy atom. The van der Waals surface area contributed by atoms with Gasteiger partial charge in [0.05, 0.1) is 4.92 Å². The van der Waals surface area contributed by atoms with Crippen molar-refractivity contribution in [2.75, 3.05) is 0 Å². The smallest absolute Gasteiger partial charge is 0.322 e. The summed E-state index contributed by atoms with van der Waals surface area (Å²) in [6.45, 7) is 0. The van der Waals surface area contributed by atoms with E-state index in [2.05, 4.69) is 9.97 Å². The van der Waals surface area contributed by atoms with E-state index >= 15 is 0 Å². The summed E-state index contributed by atoms with van der Waals surface area (Å²) in [7, 11) is 0. The molecule has 1 aromatic heterocycles. The molecular formula is C10H5FIN3O3. The molecule has 0 saturated heterocycles. The largest absolute Gasteiger partial charge is 0.417 e. The van der Waals surface area contributed by atoms with Crippen molar-refractivity contribution in [1.82, 2.24) is 9.97 Å². The summed E-state index contributed by atoms with van der Waals surface area (Å²) >= 11 is 2.00. The van der Waals surface area contributed by atoms with Crippen LogP contribution in [0.5, 0.6) is 11.8 Å². The molecule has 0 fully saturated rings. The molecule has 0 spiro atoms. The third-order valence-corrected chi connectivity index (χ3v) is 2.47. The van der Waals surface area contributed by atoms with Crippen LogP contribution in [-0.2, 0) is 0 Å². The molecule has 92 valence electrons. The highest BCUT2D eigenvalue weighted by molar-refractivity contribution is 14.1. The van der Waals surface area contributed by atoms with Crippen molar-refractivity contribution in [3.63, 3.8) is 0 Å². The normalized spacial score (nSPS) is 10.1. The first kappa shape index (κ1) is 12.6. The second-order valence-corrected chi connectivity index (χ2v) is 4.40. The molecule has 0 atom stereocenters. The van der Waals surface area contributed by atoms with Crippen molar-refractivity contribution in [3.05, 3.63) is 50.1 Å². The van der Waals surface area contributed by atoms with E-state index < -0.39 is 10.7 Å². The molecule has 0 amide bonds. The van der Waals surface area contributed by atoms with Crippen LogP contribution in [0.4, 0.5) is 10.1 Å². The van der Waals surface area contributed by atoms with E-state index in [9.17, 15) is 14.5 Å². The molecule has 0 bridgehead atoms. The zero-order valence-electron chi connectivity index (χ0n) is 8.71. The first-order chi connectivity index (χ1) is 8.56. The van der Waals surface area contributed by atoms with E-state index in [-0.39, 0.29) is 17.4 Å². The Labute approximate surface area is 114 Å². The predicted molar refractivity (Wildman–Crippen MR) is 67.9 cm³/mol. The van der Waals surface area contributed by atoms with Crippen LogP contribution in [0.2, 0.25) is 0 Å². The average molecular weight is 361 g/mol. The Morgan fingerprint density at radius 1 is 1.33 bits per heavy atom. The maximum Gasteiger partial charge on any atom is 0.322 e. The zero-order valence-corrected chi connectivity index (χ0v) is 10.9. The van der Waals surface area contributed by atoms with Gasteiger partial charge in [-0.3, -0.25) is 10.1 Å². The van der Waals surface area contributed by atoms with Gasteiger partial charge in [-0.15, -0.1) is 0 Å². The Hall–Kier alpha value is -1.84. The summed E-state index contributed by atoms with van der Waals surface area (Å²) in [4.78, 5) is 17.7. The number of hydrogen-bond donors (Lipinski definition) is 0. The number of rotatable bonds is 3. The van der Waals surface area contributed by atoms with E-state index in [1.54, 1.807) is 0 Å². The van der Waals surface area contributed by atoms with Gasteiger partial charge in [-0.25, -0.2) is 14.4 Å². The van der Waals surface area contributed by atoms with E-state index in [1.807, 2.05) is 22.6 Å². The number of nitrogens with zero attached hydrogens (tertiary/aromatic N) is 3. The molecule has 2 rings (SSSR count). The molecule has 2 aromatic rings. The number of halogens is 2. The molecule has 0 unspecified atom stereocenters. The highest BCUT2D eigenvalue weighted by atomic mass is 127. The van der Waals surface area contributed by atoms with Gasteiger partial charge in [0, 0.05) is 28.1 Å². The topological polar surface area (TPSA) is 78.2 Å². The third kappa shape index (κ3) is 2.88. The van der Waals surface area contributed by atoms with Crippen molar-refractivity contribution in [2.24, 2.45) is 0 Å². The maximum absolute atomic E-state index is 13.0. The van der Waals surface area contributed by atoms with Crippen LogP contribution < -0.4 is 4.74 Å². The van der Waals surface area contributed by atoms with Gasteiger partial charge in [0.2, 0.25) is 5.75 Å². The van der Waals surface area contributed by atoms with Crippen LogP contribution in [0, 0.1) is 19.5 Å². The Morgan fingerprint density at radius 3 is 2.61 bits per heavy atom. The summed E-state index contributed by atoms with van der Waals surface area (Å²) in [5.41, 5.74) is -0.349. The van der Waals surface area contributed by atoms with E-state index in [0.717, 1.165) is 21.8 Å². The van der Waals surface area contributed by atoms with Gasteiger partial charge in [0.25, 0.3) is 0 Å². The van der Waals surface area contributed by atoms with Gasteiger partial charge < -0.3 is 4.74 Å². The second-order valence-electron chi connectivity index (χ2n) is 3.16. The predicted octanol–water partition coefficient (Wildman–Crippen LogP) is 2.92. The quantitative estimate of drug-likeness (QED) is 0.477. The molecule has 0 aliphatic carbocycles. The SMILES string of the molecule is O=[N+]([O-])c1ccc(F)cc1Oc1ncc(I)cn1. The van der Waals surface area contributed by atoms with Crippen molar-refractivity contribution in [2.45, 2.75) is 0 Å². The monoisotopic (exact) mass is 361 g/mol. The molecule has 1 aromatic carbocycles. The summed E-state index contributed by atoms with van der Waals surface area (Å²) < 4.78 is 18.9. The van der Waals surface area contributed by atoms with Gasteiger partial charge in [0.1, 0.15) is 5.82 Å². The lowest BCUT2D eigenvalue weighted by Gasteiger charge is -2.04. The van der Waals surface area contributed by atoms with Crippen LogP contribution >= 0.6 is 22.6 Å². The number of hydrogen-bond acceptors (Lipinski definition) is 5. The minimum Gasteiger partial charge on any atom is -0.417 e. The average Bonchev–Trinajstić information content (AvgIpc) is 2.32. The first-order valence-corrected chi connectivity index (χ1v) is 5.73. The van der Waals surface area contributed by atoms with Crippen LogP contribution in [0.15, 0.2) is 30.6 Å². The molecule has 0 radical (unpaired) electrons. The molecule has 0 saturated carbocycles. The molecule has 0 N–H and O–H groups in total. The number of benzene rings is 1. The van der Waals surface area contributed by atoms with Gasteiger partial charge >= 0.3 is 11.7 Å². The van der Waals surface area contributed by atoms with Gasteiger partial charge in [0.15, 0.2) is 0 Å². The van der Waals surface area contributed by atoms with E-state index in [0.29, 0.717) is 0 Å². The summed E-state index contributed by atoms with van der Waals surface area (Å²) in [5.74, 6) is -0.873. The molecule has 0 aliphatic heterocycles. The lowest BCUT2D eigenvalue weighted by Crippen LogP contribution is -1.97. The van der Waals surface area contributed by atoms with Crippen molar-refractivity contribution >= 4 is 28.3 Å². The summed E-state index contributed by atoms with van der Waals surface area (Å²) in [6, 6.07) is 2.85. The molecule has 18 heavy (non-hydrogen) atoms. The number of ether oxygens (including phenoxy) is 1. The second kappa shape index (κ2) is 5.21. The summed E-state index contributed by atoms with van der Waals surface area (Å²) in [6.07, 6.45) is 2.96. The first-order valence-electron chi connectivity index (χ1n) is 4.65. The molecular weight excluding hydrogens is 356 g/mol. The fraction of sp³-hybridized carbons (Fsp3) is 0. The maximum atomic E-state index is 13.0. The lowest BCUT2D eigenvalue weighted by atomic mass is 10.3. The molecule has 6 nitrogen and oxygen atoms in total. The van der Waals surface area contributed by atoms with Crippen LogP contribution in [-0.4, -0.2) is 14.9 Å². The fourth-order valence-corrected chi connectivity index (χ4v) is 1.45. The zero-order chi connectivity index (χ0) is 13.1. The Bertz CT molecular complexity index is 591. The number of aromatic nitrogens is 2. The minimum atomic E-state index is -0.665. The molecule has 8 heteroatoms. The van der Waals surface area contributed by atoms with E-state index in [1.165, 1.54) is 12.4 Å².